The zero-order chi connectivity index (χ0) is 26.1. The zero-order valence-corrected chi connectivity index (χ0v) is 7.28. The fraction of sp³-hybridized carbons (Fsp3) is 1.00. The third-order valence-corrected chi connectivity index (χ3v) is 1.14. The molecule has 0 bridgehead atoms. The summed E-state index contributed by atoms with van der Waals surface area (Å²) < 4.78 is 136. The lowest BCUT2D eigenvalue weighted by Gasteiger charge is -2.17. The number of rotatable bonds is 11. The molecule has 0 unspecified atom stereocenters. The van der Waals surface area contributed by atoms with Crippen LogP contribution in [0, 0.1) is 0 Å². The van der Waals surface area contributed by atoms with Crippen LogP contribution in [0.25, 0.3) is 0 Å². The Balaban J connectivity index is 6.44. The van der Waals surface area contributed by atoms with Gasteiger partial charge in [-0.2, -0.15) is 0 Å². The average Bonchev–Trinajstić information content (AvgIpc) is 2.60. The summed E-state index contributed by atoms with van der Waals surface area (Å²) in [6.45, 7) is -17.0. The van der Waals surface area contributed by atoms with Gasteiger partial charge in [0.2, 0.25) is 2.86 Å². The third-order valence-electron chi connectivity index (χ3n) is 1.14. The van der Waals surface area contributed by atoms with E-state index in [2.05, 4.69) is 10.2 Å². The van der Waals surface area contributed by atoms with Crippen LogP contribution in [-0.2, 0) is 0 Å². The van der Waals surface area contributed by atoms with Crippen LogP contribution in [-0.4, -0.2) is 51.4 Å². The van der Waals surface area contributed by atoms with E-state index in [1.54, 1.807) is 0 Å². The molecule has 0 aromatic carbocycles. The average molecular weight is 222 g/mol. The Morgan fingerprint density at radius 1 is 1.21 bits per heavy atom. The molecule has 0 amide bonds. The molecule has 4 N–H and O–H groups in total. The van der Waals surface area contributed by atoms with Crippen LogP contribution < -0.4 is 10.6 Å². The van der Waals surface area contributed by atoms with E-state index < -0.39 is 75.4 Å². The van der Waals surface area contributed by atoms with Gasteiger partial charge >= 0.3 is 0 Å². The number of aliphatic hydroxyl groups is 2. The summed E-state index contributed by atoms with van der Waals surface area (Å²) in [6.07, 6.45) is -6.83. The van der Waals surface area contributed by atoms with Gasteiger partial charge < -0.3 is 20.8 Å². The summed E-state index contributed by atoms with van der Waals surface area (Å²) in [5, 5.41) is 6.86. The van der Waals surface area contributed by atoms with E-state index in [-0.39, 0.29) is 0 Å². The minimum absolute atomic E-state index is 0.501. The van der Waals surface area contributed by atoms with Crippen molar-refractivity contribution >= 4 is 0 Å². The molecule has 2 atom stereocenters. The molecular formula is C10H24N2O2. The summed E-state index contributed by atoms with van der Waals surface area (Å²) in [5.74, 6) is 0. The van der Waals surface area contributed by atoms with Gasteiger partial charge in [0, 0.05) is 44.3 Å². The monoisotopic (exact) mass is 222 g/mol. The van der Waals surface area contributed by atoms with Gasteiger partial charge in [-0.25, -0.2) is 0 Å². The number of hydrogen-bond donors (Lipinski definition) is 4. The first-order valence-electron chi connectivity index (χ1n) is 12.4. The molecule has 0 saturated carbocycles. The molecule has 4 nitrogen and oxygen atoms in total. The highest BCUT2D eigenvalue weighted by atomic mass is 16.3. The van der Waals surface area contributed by atoms with Crippen LogP contribution in [0.4, 0.5) is 0 Å². The molecule has 14 heavy (non-hydrogen) atoms. The van der Waals surface area contributed by atoms with Crippen molar-refractivity contribution in [2.24, 2.45) is 0 Å². The first-order valence-corrected chi connectivity index (χ1v) is 3.68. The van der Waals surface area contributed by atoms with Gasteiger partial charge in [0.15, 0.2) is 0 Å². The van der Waals surface area contributed by atoms with Gasteiger partial charge in [-0.05, 0) is 12.7 Å². The second-order valence-electron chi connectivity index (χ2n) is 2.14. The van der Waals surface area contributed by atoms with Crippen molar-refractivity contribution in [1.29, 1.82) is 2.86 Å². The van der Waals surface area contributed by atoms with E-state index in [9.17, 15) is 0 Å². The van der Waals surface area contributed by atoms with Crippen molar-refractivity contribution in [3.63, 3.8) is 0 Å². The maximum absolute atomic E-state index is 8.00. The topological polar surface area (TPSA) is 64.5 Å². The highest BCUT2D eigenvalue weighted by molar-refractivity contribution is 4.67. The fourth-order valence-electron chi connectivity index (χ4n) is 0.436. The van der Waals surface area contributed by atoms with Gasteiger partial charge in [-0.3, -0.25) is 0 Å². The second kappa shape index (κ2) is 9.40. The van der Waals surface area contributed by atoms with Gasteiger partial charge in [-0.1, -0.05) is 13.7 Å². The van der Waals surface area contributed by atoms with E-state index in [1.807, 2.05) is 0 Å². The molecule has 0 spiro atoms. The quantitative estimate of drug-likeness (QED) is 0.388. The standard InChI is InChI=1S/C10H24N2O2/c1-3-9(7-13)11-5-6-12-10(4-2)8-14/h9-14H,3-8H2,1-2H3/t9-,10-/m0/s1/i1D3,2D3,3D2,4D2,5D2,6D2,13D,14D/hD2. The van der Waals surface area contributed by atoms with Crippen molar-refractivity contribution in [2.75, 3.05) is 26.2 Å². The minimum atomic E-state index is -3.80. The normalized spacial score (nSPS) is 40.7. The smallest absolute Gasteiger partial charge is 0.210 e. The SMILES string of the molecule is [2H]OC[C@@H](N([2H])C([2H])([2H])C([2H])([2H])N([2H])[C@H](CO[2H])C([2H])([2H])C([2H])([2H])[2H])C([2H])([2H])C([2H])([2H])[2H]. The molecule has 0 aromatic rings. The molecule has 0 aliphatic carbocycles. The molecule has 0 radical (unpaired) electrons. The Morgan fingerprint density at radius 2 is 1.71 bits per heavy atom. The van der Waals surface area contributed by atoms with Gasteiger partial charge in [-0.15, -0.1) is 0 Å². The lowest BCUT2D eigenvalue weighted by Crippen LogP contribution is -2.40. The summed E-state index contributed by atoms with van der Waals surface area (Å²) in [7, 11) is 0. The number of nitrogens with one attached hydrogen (secondary N) is 2. The van der Waals surface area contributed by atoms with Crippen molar-refractivity contribution < 1.29 is 32.2 Å². The van der Waals surface area contributed by atoms with Crippen LogP contribution >= 0.6 is 0 Å². The first-order chi connectivity index (χ1) is 14.0. The van der Waals surface area contributed by atoms with Crippen LogP contribution in [0.3, 0.4) is 0 Å². The minimum Gasteiger partial charge on any atom is -0.395 e. The van der Waals surface area contributed by atoms with E-state index in [1.165, 1.54) is 0 Å². The summed E-state index contributed by atoms with van der Waals surface area (Å²) >= 11 is 0. The third kappa shape index (κ3) is 6.32. The van der Waals surface area contributed by atoms with Crippen molar-refractivity contribution in [3.05, 3.63) is 0 Å². The largest absolute Gasteiger partial charge is 0.395 e. The molecule has 4 heteroatoms. The molecule has 0 aliphatic heterocycles. The van der Waals surface area contributed by atoms with E-state index in [0.717, 1.165) is 0 Å². The maximum atomic E-state index is 8.00. The van der Waals surface area contributed by atoms with Crippen LogP contribution in [0.5, 0.6) is 0 Å². The molecule has 0 saturated heterocycles. The molecule has 0 fully saturated rings. The Morgan fingerprint density at radius 3 is 2.07 bits per heavy atom. The predicted octanol–water partition coefficient (Wildman–Crippen LogP) is -0.293. The van der Waals surface area contributed by atoms with Gasteiger partial charge in [0.05, 0.1) is 13.2 Å². The first kappa shape index (κ1) is 2.40. The van der Waals surface area contributed by atoms with E-state index >= 15 is 0 Å². The van der Waals surface area contributed by atoms with E-state index in [0.29, 0.717) is 0 Å². The predicted molar refractivity (Wildman–Crippen MR) is 58.3 cm³/mol. The van der Waals surface area contributed by atoms with Crippen LogP contribution in [0.1, 0.15) is 45.6 Å². The Labute approximate surface area is 112 Å². The molecule has 0 aromatic heterocycles. The van der Waals surface area contributed by atoms with Gasteiger partial charge in [0.25, 0.3) is 0 Å². The van der Waals surface area contributed by atoms with Crippen molar-refractivity contribution in [2.45, 2.75) is 38.5 Å². The molecule has 0 heterocycles. The highest BCUT2D eigenvalue weighted by Crippen LogP contribution is 1.89. The Bertz CT molecular complexity index is 554. The summed E-state index contributed by atoms with van der Waals surface area (Å²) in [4.78, 5) is 0. The maximum Gasteiger partial charge on any atom is 0.210 e. The summed E-state index contributed by atoms with van der Waals surface area (Å²) in [5.41, 5.74) is 0. The second-order valence-corrected chi connectivity index (χ2v) is 2.14. The molecular weight excluding hydrogens is 180 g/mol. The Kier molecular flexibility index (Phi) is 1.61. The van der Waals surface area contributed by atoms with Gasteiger partial charge in [0.1, 0.15) is 2.82 Å². The molecule has 0 rings (SSSR count). The number of aliphatic hydroxyl groups excluding tert-OH is 2. The van der Waals surface area contributed by atoms with Crippen molar-refractivity contribution in [3.8, 4) is 0 Å². The highest BCUT2D eigenvalue weighted by Gasteiger charge is 2.04. The van der Waals surface area contributed by atoms with E-state index in [4.69, 9.17) is 24.9 Å². The lowest BCUT2D eigenvalue weighted by atomic mass is 10.2. The van der Waals surface area contributed by atoms with Crippen molar-refractivity contribution in [1.82, 2.24) is 10.6 Å². The zero-order valence-electron chi connectivity index (χ0n) is 25.3. The van der Waals surface area contributed by atoms with Crippen LogP contribution in [0.2, 0.25) is 2.82 Å². The molecule has 86 valence electrons. The Hall–Kier alpha value is -0.160. The molecule has 0 aliphatic rings. The number of hydrogen-bond acceptors (Lipinski definition) is 4. The van der Waals surface area contributed by atoms with Crippen LogP contribution in [0.15, 0.2) is 0 Å². The lowest BCUT2D eigenvalue weighted by molar-refractivity contribution is 0.229. The summed E-state index contributed by atoms with van der Waals surface area (Å²) in [6, 6.07) is -4.84. The fourth-order valence-corrected chi connectivity index (χ4v) is 0.436.